The lowest BCUT2D eigenvalue weighted by molar-refractivity contribution is -0.138. The molecular formula is C3H8N4O2. The van der Waals surface area contributed by atoms with Gasteiger partial charge in [-0.05, 0) is 0 Å². The van der Waals surface area contributed by atoms with Crippen LogP contribution in [-0.2, 0) is 4.79 Å². The van der Waals surface area contributed by atoms with Crippen molar-refractivity contribution in [3.63, 3.8) is 0 Å². The second-order valence-electron chi connectivity index (χ2n) is 1.42. The van der Waals surface area contributed by atoms with Gasteiger partial charge >= 0.3 is 5.97 Å². The van der Waals surface area contributed by atoms with E-state index in [1.165, 1.54) is 0 Å². The molecule has 0 radical (unpaired) electrons. The average Bonchev–Trinajstić information content (AvgIpc) is 1.82. The topological polar surface area (TPSA) is 112 Å². The van der Waals surface area contributed by atoms with Crippen molar-refractivity contribution in [2.75, 3.05) is 6.54 Å². The molecule has 0 aromatic carbocycles. The van der Waals surface area contributed by atoms with Gasteiger partial charge in [-0.1, -0.05) is 5.22 Å². The number of hydrogen-bond donors (Lipinski definition) is 4. The van der Waals surface area contributed by atoms with E-state index in [9.17, 15) is 4.79 Å². The highest BCUT2D eigenvalue weighted by atomic mass is 16.4. The van der Waals surface area contributed by atoms with E-state index in [0.717, 1.165) is 0 Å². The van der Waals surface area contributed by atoms with Gasteiger partial charge in [0.05, 0.1) is 6.54 Å². The molecule has 0 saturated heterocycles. The van der Waals surface area contributed by atoms with Crippen LogP contribution in [0.25, 0.3) is 0 Å². The number of aliphatic carboxylic acids is 1. The van der Waals surface area contributed by atoms with Crippen molar-refractivity contribution in [1.29, 1.82) is 5.53 Å². The predicted octanol–water partition coefficient (Wildman–Crippen LogP) is -1.07. The molecule has 0 aliphatic heterocycles. The number of carbonyl (C=O) groups is 1. The zero-order chi connectivity index (χ0) is 7.28. The number of rotatable bonds is 4. The molecule has 0 rings (SSSR count). The highest BCUT2D eigenvalue weighted by molar-refractivity contribution is 5.73. The molecule has 0 bridgehead atoms. The molecule has 6 nitrogen and oxygen atoms in total. The number of carboxylic acids is 1. The maximum Gasteiger partial charge on any atom is 0.322 e. The van der Waals surface area contributed by atoms with Gasteiger partial charge in [-0.25, -0.2) is 0 Å². The largest absolute Gasteiger partial charge is 0.480 e. The Labute approximate surface area is 51.5 Å². The number of hydrogen-bond acceptors (Lipinski definition) is 4. The minimum Gasteiger partial charge on any atom is -0.480 e. The normalized spacial score (nSPS) is 12.1. The first-order valence-electron chi connectivity index (χ1n) is 2.26. The Kier molecular flexibility index (Phi) is 3.29. The molecule has 1 atom stereocenters. The van der Waals surface area contributed by atoms with Crippen molar-refractivity contribution in [2.45, 2.75) is 6.04 Å². The summed E-state index contributed by atoms with van der Waals surface area (Å²) in [4.78, 5) is 9.94. The number of nitrogens with zero attached hydrogens (tertiary/aromatic N) is 1. The molecule has 0 saturated carbocycles. The highest BCUT2D eigenvalue weighted by Crippen LogP contribution is 1.73. The second-order valence-corrected chi connectivity index (χ2v) is 1.42. The van der Waals surface area contributed by atoms with Crippen LogP contribution in [0.5, 0.6) is 0 Å². The third-order valence-electron chi connectivity index (χ3n) is 0.707. The van der Waals surface area contributed by atoms with Crippen molar-refractivity contribution in [1.82, 2.24) is 5.43 Å². The number of nitrogens with two attached hydrogens (primary N) is 1. The zero-order valence-corrected chi connectivity index (χ0v) is 4.66. The van der Waals surface area contributed by atoms with Gasteiger partial charge in [0.25, 0.3) is 0 Å². The van der Waals surface area contributed by atoms with Crippen molar-refractivity contribution < 1.29 is 9.90 Å². The quantitative estimate of drug-likeness (QED) is 0.288. The van der Waals surface area contributed by atoms with E-state index >= 15 is 0 Å². The lowest BCUT2D eigenvalue weighted by Gasteiger charge is -2.02. The lowest BCUT2D eigenvalue weighted by atomic mass is 10.3. The third-order valence-corrected chi connectivity index (χ3v) is 0.707. The fraction of sp³-hybridized carbons (Fsp3) is 0.667. The first-order chi connectivity index (χ1) is 4.18. The van der Waals surface area contributed by atoms with Crippen molar-refractivity contribution in [3.8, 4) is 0 Å². The van der Waals surface area contributed by atoms with Crippen LogP contribution in [0.3, 0.4) is 0 Å². The fourth-order valence-corrected chi connectivity index (χ4v) is 0.231. The molecule has 0 aromatic rings. The first-order valence-corrected chi connectivity index (χ1v) is 2.26. The Morgan fingerprint density at radius 3 is 2.89 bits per heavy atom. The van der Waals surface area contributed by atoms with Crippen molar-refractivity contribution in [3.05, 3.63) is 0 Å². The second kappa shape index (κ2) is 3.79. The molecule has 0 aliphatic rings. The van der Waals surface area contributed by atoms with Crippen LogP contribution in [0, 0.1) is 5.53 Å². The van der Waals surface area contributed by atoms with Gasteiger partial charge in [-0.3, -0.25) is 10.2 Å². The van der Waals surface area contributed by atoms with Crippen LogP contribution in [0.15, 0.2) is 5.22 Å². The summed E-state index contributed by atoms with van der Waals surface area (Å²) in [6.45, 7) is -0.0150. The van der Waals surface area contributed by atoms with Gasteiger partial charge in [0.15, 0.2) is 0 Å². The van der Waals surface area contributed by atoms with Gasteiger partial charge in [-0.2, -0.15) is 5.53 Å². The van der Waals surface area contributed by atoms with E-state index in [-0.39, 0.29) is 6.54 Å². The Hall–Kier alpha value is -1.17. The third kappa shape index (κ3) is 3.42. The molecule has 5 N–H and O–H groups in total. The van der Waals surface area contributed by atoms with E-state index in [1.807, 2.05) is 0 Å². The summed E-state index contributed by atoms with van der Waals surface area (Å²) in [6.07, 6.45) is 0. The van der Waals surface area contributed by atoms with Crippen LogP contribution in [0.2, 0.25) is 0 Å². The lowest BCUT2D eigenvalue weighted by Crippen LogP contribution is -2.38. The van der Waals surface area contributed by atoms with Crippen LogP contribution < -0.4 is 11.2 Å². The SMILES string of the molecule is N=NNCC(N)C(=O)O. The fourth-order valence-electron chi connectivity index (χ4n) is 0.231. The summed E-state index contributed by atoms with van der Waals surface area (Å²) in [6, 6.07) is -0.987. The summed E-state index contributed by atoms with van der Waals surface area (Å²) in [5, 5.41) is 10.9. The molecule has 1 unspecified atom stereocenters. The maximum atomic E-state index is 9.94. The number of nitrogens with one attached hydrogen (secondary N) is 2. The smallest absolute Gasteiger partial charge is 0.322 e. The Morgan fingerprint density at radius 2 is 2.56 bits per heavy atom. The molecule has 0 fully saturated rings. The first kappa shape index (κ1) is 7.83. The summed E-state index contributed by atoms with van der Waals surface area (Å²) in [5.41, 5.74) is 13.3. The Morgan fingerprint density at radius 1 is 2.00 bits per heavy atom. The molecule has 52 valence electrons. The maximum absolute atomic E-state index is 9.94. The van der Waals surface area contributed by atoms with Gasteiger partial charge in [0.2, 0.25) is 0 Å². The summed E-state index contributed by atoms with van der Waals surface area (Å²) in [5.74, 6) is -1.11. The summed E-state index contributed by atoms with van der Waals surface area (Å²) >= 11 is 0. The van der Waals surface area contributed by atoms with E-state index in [2.05, 4.69) is 10.6 Å². The standard InChI is InChI=1S/C3H8N4O2/c4-2(3(8)9)1-6-7-5/h2H,1,4H2,(H2,5,6)(H,8,9). The minimum atomic E-state index is -1.11. The van der Waals surface area contributed by atoms with Gasteiger partial charge in [0.1, 0.15) is 6.04 Å². The predicted molar refractivity (Wildman–Crippen MR) is 28.8 cm³/mol. The molecule has 6 heteroatoms. The summed E-state index contributed by atoms with van der Waals surface area (Å²) < 4.78 is 0. The molecule has 0 spiro atoms. The Balaban J connectivity index is 3.37. The average molecular weight is 132 g/mol. The van der Waals surface area contributed by atoms with Crippen molar-refractivity contribution >= 4 is 5.97 Å². The van der Waals surface area contributed by atoms with Gasteiger partial charge in [0, 0.05) is 0 Å². The van der Waals surface area contributed by atoms with Crippen LogP contribution in [0.4, 0.5) is 0 Å². The monoisotopic (exact) mass is 132 g/mol. The van der Waals surface area contributed by atoms with E-state index < -0.39 is 12.0 Å². The number of carboxylic acid groups (broad SMARTS) is 1. The van der Waals surface area contributed by atoms with Crippen molar-refractivity contribution in [2.24, 2.45) is 11.0 Å². The van der Waals surface area contributed by atoms with Crippen LogP contribution in [-0.4, -0.2) is 23.7 Å². The molecule has 9 heavy (non-hydrogen) atoms. The molecule has 0 heterocycles. The van der Waals surface area contributed by atoms with Gasteiger partial charge < -0.3 is 10.8 Å². The highest BCUT2D eigenvalue weighted by Gasteiger charge is 2.08. The van der Waals surface area contributed by atoms with Gasteiger partial charge in [-0.15, -0.1) is 0 Å². The summed E-state index contributed by atoms with van der Waals surface area (Å²) in [7, 11) is 0. The molecule has 0 aliphatic carbocycles. The zero-order valence-electron chi connectivity index (χ0n) is 4.66. The minimum absolute atomic E-state index is 0.0150. The molecule has 0 aromatic heterocycles. The van der Waals surface area contributed by atoms with Crippen LogP contribution in [0.1, 0.15) is 0 Å². The molecular weight excluding hydrogens is 124 g/mol. The molecule has 0 amide bonds. The Bertz CT molecular complexity index is 114. The van der Waals surface area contributed by atoms with E-state index in [1.54, 1.807) is 0 Å². The van der Waals surface area contributed by atoms with Crippen LogP contribution >= 0.6 is 0 Å². The van der Waals surface area contributed by atoms with E-state index in [4.69, 9.17) is 16.4 Å². The van der Waals surface area contributed by atoms with E-state index in [0.29, 0.717) is 0 Å².